The number of sulfonamides is 1. The van der Waals surface area contributed by atoms with Gasteiger partial charge in [-0.2, -0.15) is 4.31 Å². The zero-order chi connectivity index (χ0) is 15.5. The van der Waals surface area contributed by atoms with Gasteiger partial charge in [-0.3, -0.25) is 0 Å². The van der Waals surface area contributed by atoms with Crippen molar-refractivity contribution in [3.8, 4) is 5.75 Å². The highest BCUT2D eigenvalue weighted by molar-refractivity contribution is 7.89. The Balaban J connectivity index is 2.42. The number of anilines is 1. The van der Waals surface area contributed by atoms with Crippen molar-refractivity contribution in [2.24, 2.45) is 0 Å². The lowest BCUT2D eigenvalue weighted by molar-refractivity contribution is 0.226. The summed E-state index contributed by atoms with van der Waals surface area (Å²) in [6, 6.07) is 4.45. The van der Waals surface area contributed by atoms with Crippen molar-refractivity contribution < 1.29 is 18.3 Å². The molecule has 1 aliphatic rings. The van der Waals surface area contributed by atoms with Gasteiger partial charge in [0.25, 0.3) is 0 Å². The molecule has 21 heavy (non-hydrogen) atoms. The molecule has 3 N–H and O–H groups in total. The molecule has 0 amide bonds. The average molecular weight is 314 g/mol. The fourth-order valence-corrected chi connectivity index (χ4v) is 4.63. The Kier molecular flexibility index (Phi) is 5.08. The molecular formula is C14H22N2O4S. The number of hydrogen-bond donors (Lipinski definition) is 2. The summed E-state index contributed by atoms with van der Waals surface area (Å²) in [4.78, 5) is 0.0968. The van der Waals surface area contributed by atoms with Crippen LogP contribution >= 0.6 is 0 Å². The van der Waals surface area contributed by atoms with Crippen LogP contribution in [0.15, 0.2) is 23.1 Å². The number of aliphatic hydroxyl groups excluding tert-OH is 1. The van der Waals surface area contributed by atoms with Crippen LogP contribution in [-0.4, -0.2) is 44.1 Å². The Morgan fingerprint density at radius 3 is 2.62 bits per heavy atom. The first kappa shape index (κ1) is 16.1. The smallest absolute Gasteiger partial charge is 0.247 e. The number of nitrogen functional groups attached to an aromatic ring is 1. The van der Waals surface area contributed by atoms with Gasteiger partial charge < -0.3 is 15.6 Å². The van der Waals surface area contributed by atoms with Crippen LogP contribution in [0, 0.1) is 0 Å². The maximum Gasteiger partial charge on any atom is 0.247 e. The van der Waals surface area contributed by atoms with Gasteiger partial charge in [0.1, 0.15) is 10.6 Å². The fourth-order valence-electron chi connectivity index (χ4n) is 2.81. The molecule has 0 aliphatic heterocycles. The number of aliphatic hydroxyl groups is 1. The summed E-state index contributed by atoms with van der Waals surface area (Å²) in [7, 11) is -2.30. The largest absolute Gasteiger partial charge is 0.495 e. The topological polar surface area (TPSA) is 92.9 Å². The minimum Gasteiger partial charge on any atom is -0.495 e. The summed E-state index contributed by atoms with van der Waals surface area (Å²) in [5, 5.41) is 9.22. The molecule has 0 radical (unpaired) electrons. The number of nitrogens with zero attached hydrogens (tertiary/aromatic N) is 1. The van der Waals surface area contributed by atoms with Gasteiger partial charge in [0.15, 0.2) is 0 Å². The van der Waals surface area contributed by atoms with Crippen LogP contribution in [0.25, 0.3) is 0 Å². The highest BCUT2D eigenvalue weighted by Crippen LogP contribution is 2.33. The quantitative estimate of drug-likeness (QED) is 0.770. The number of methoxy groups -OCH3 is 1. The van der Waals surface area contributed by atoms with Crippen molar-refractivity contribution in [3.05, 3.63) is 18.2 Å². The molecule has 7 heteroatoms. The third kappa shape index (κ3) is 3.30. The summed E-state index contributed by atoms with van der Waals surface area (Å²) in [6.07, 6.45) is 3.69. The Bertz CT molecular complexity index is 583. The van der Waals surface area contributed by atoms with Gasteiger partial charge >= 0.3 is 0 Å². The number of ether oxygens (including phenoxy) is 1. The molecule has 0 saturated heterocycles. The van der Waals surface area contributed by atoms with Crippen molar-refractivity contribution in [2.75, 3.05) is 26.0 Å². The van der Waals surface area contributed by atoms with Gasteiger partial charge in [-0.1, -0.05) is 12.8 Å². The lowest BCUT2D eigenvalue weighted by Crippen LogP contribution is -2.40. The van der Waals surface area contributed by atoms with E-state index in [1.807, 2.05) is 0 Å². The average Bonchev–Trinajstić information content (AvgIpc) is 2.97. The van der Waals surface area contributed by atoms with Gasteiger partial charge in [-0.05, 0) is 25.0 Å². The molecule has 1 aliphatic carbocycles. The van der Waals surface area contributed by atoms with E-state index in [0.29, 0.717) is 5.69 Å². The van der Waals surface area contributed by atoms with E-state index in [2.05, 4.69) is 0 Å². The molecule has 0 aromatic heterocycles. The minimum absolute atomic E-state index is 0.0515. The maximum atomic E-state index is 12.9. The standard InChI is InChI=1S/C14H22N2O4S/c1-20-13-10-11(15)6-7-14(13)21(18,19)16(8-9-17)12-4-2-3-5-12/h6-7,10,12,17H,2-5,8-9,15H2,1H3. The summed E-state index contributed by atoms with van der Waals surface area (Å²) >= 11 is 0. The predicted molar refractivity (Wildman–Crippen MR) is 80.6 cm³/mol. The number of rotatable bonds is 6. The number of benzene rings is 1. The molecule has 1 aromatic rings. The zero-order valence-electron chi connectivity index (χ0n) is 12.2. The molecule has 118 valence electrons. The first-order chi connectivity index (χ1) is 10.0. The van der Waals surface area contributed by atoms with E-state index in [9.17, 15) is 13.5 Å². The summed E-state index contributed by atoms with van der Waals surface area (Å²) < 4.78 is 32.3. The maximum absolute atomic E-state index is 12.9. The fraction of sp³-hybridized carbons (Fsp3) is 0.571. The Labute approximate surface area is 125 Å². The van der Waals surface area contributed by atoms with E-state index in [0.717, 1.165) is 25.7 Å². The first-order valence-electron chi connectivity index (χ1n) is 7.07. The number of hydrogen-bond acceptors (Lipinski definition) is 5. The molecule has 1 saturated carbocycles. The van der Waals surface area contributed by atoms with E-state index in [1.165, 1.54) is 23.5 Å². The molecule has 0 unspecified atom stereocenters. The van der Waals surface area contributed by atoms with Crippen molar-refractivity contribution in [1.82, 2.24) is 4.31 Å². The summed E-state index contributed by atoms with van der Waals surface area (Å²) in [5.41, 5.74) is 6.12. The molecule has 6 nitrogen and oxygen atoms in total. The van der Waals surface area contributed by atoms with Gasteiger partial charge in [-0.25, -0.2) is 8.42 Å². The highest BCUT2D eigenvalue weighted by atomic mass is 32.2. The van der Waals surface area contributed by atoms with Crippen molar-refractivity contribution in [1.29, 1.82) is 0 Å². The predicted octanol–water partition coefficient (Wildman–Crippen LogP) is 1.20. The van der Waals surface area contributed by atoms with E-state index < -0.39 is 10.0 Å². The summed E-state index contributed by atoms with van der Waals surface area (Å²) in [5.74, 6) is 0.232. The zero-order valence-corrected chi connectivity index (χ0v) is 13.0. The molecule has 1 fully saturated rings. The second-order valence-corrected chi connectivity index (χ2v) is 7.05. The van der Waals surface area contributed by atoms with Crippen LogP contribution in [0.4, 0.5) is 5.69 Å². The van der Waals surface area contributed by atoms with Crippen molar-refractivity contribution >= 4 is 15.7 Å². The lowest BCUT2D eigenvalue weighted by atomic mass is 10.2. The van der Waals surface area contributed by atoms with Crippen LogP contribution in [0.5, 0.6) is 5.75 Å². The van der Waals surface area contributed by atoms with E-state index in [1.54, 1.807) is 6.07 Å². The Hall–Kier alpha value is -1.31. The second kappa shape index (κ2) is 6.64. The molecule has 2 rings (SSSR count). The normalized spacial score (nSPS) is 16.5. The molecule has 1 aromatic carbocycles. The third-order valence-corrected chi connectivity index (χ3v) is 5.82. The van der Waals surface area contributed by atoms with Gasteiger partial charge in [0.2, 0.25) is 10.0 Å². The van der Waals surface area contributed by atoms with E-state index in [4.69, 9.17) is 10.5 Å². The van der Waals surface area contributed by atoms with Crippen LogP contribution in [-0.2, 0) is 10.0 Å². The van der Waals surface area contributed by atoms with Crippen LogP contribution in [0.3, 0.4) is 0 Å². The van der Waals surface area contributed by atoms with Crippen LogP contribution < -0.4 is 10.5 Å². The lowest BCUT2D eigenvalue weighted by Gasteiger charge is -2.28. The van der Waals surface area contributed by atoms with E-state index in [-0.39, 0.29) is 29.8 Å². The van der Waals surface area contributed by atoms with Crippen LogP contribution in [0.1, 0.15) is 25.7 Å². The molecule has 0 bridgehead atoms. The molecule has 0 spiro atoms. The minimum atomic E-state index is -3.71. The van der Waals surface area contributed by atoms with Gasteiger partial charge in [0.05, 0.1) is 13.7 Å². The van der Waals surface area contributed by atoms with Gasteiger partial charge in [-0.15, -0.1) is 0 Å². The van der Waals surface area contributed by atoms with Crippen molar-refractivity contribution in [2.45, 2.75) is 36.6 Å². The van der Waals surface area contributed by atoms with Gasteiger partial charge in [0, 0.05) is 24.3 Å². The highest BCUT2D eigenvalue weighted by Gasteiger charge is 2.34. The SMILES string of the molecule is COc1cc(N)ccc1S(=O)(=O)N(CCO)C1CCCC1. The summed E-state index contributed by atoms with van der Waals surface area (Å²) in [6.45, 7) is -0.104. The molecule has 0 heterocycles. The number of nitrogens with two attached hydrogens (primary N) is 1. The van der Waals surface area contributed by atoms with E-state index >= 15 is 0 Å². The Morgan fingerprint density at radius 2 is 2.05 bits per heavy atom. The first-order valence-corrected chi connectivity index (χ1v) is 8.51. The molecule has 0 atom stereocenters. The third-order valence-electron chi connectivity index (χ3n) is 3.83. The van der Waals surface area contributed by atoms with Crippen molar-refractivity contribution in [3.63, 3.8) is 0 Å². The molecular weight excluding hydrogens is 292 g/mol. The second-order valence-electron chi connectivity index (χ2n) is 5.19. The Morgan fingerprint density at radius 1 is 1.38 bits per heavy atom. The van der Waals surface area contributed by atoms with Crippen LogP contribution in [0.2, 0.25) is 0 Å². The monoisotopic (exact) mass is 314 g/mol.